The summed E-state index contributed by atoms with van der Waals surface area (Å²) in [6.45, 7) is 17.9. The number of hydrogen-bond donors (Lipinski definition) is 4. The molecule has 0 aromatic heterocycles. The number of sulfone groups is 1. The number of ether oxygens (including phenoxy) is 1. The van der Waals surface area contributed by atoms with E-state index >= 15 is 0 Å². The highest BCUT2D eigenvalue weighted by atomic mass is 32.2. The summed E-state index contributed by atoms with van der Waals surface area (Å²) >= 11 is 0. The van der Waals surface area contributed by atoms with Crippen molar-refractivity contribution in [1.82, 2.24) is 9.80 Å². The number of aliphatic hydroxyl groups is 2. The molecule has 0 heterocycles. The van der Waals surface area contributed by atoms with E-state index in [1.807, 2.05) is 20.8 Å². The molecule has 0 unspecified atom stereocenters. The first-order valence-electron chi connectivity index (χ1n) is 16.0. The Bertz CT molecular complexity index is 642. The fraction of sp³-hybridized carbons (Fsp3) is 0.906. The molecule has 1 amide bonds. The largest absolute Gasteiger partial charge is 0.481 e. The molecule has 280 valence electrons. The zero-order chi connectivity index (χ0) is 37.7. The van der Waals surface area contributed by atoms with Crippen molar-refractivity contribution in [3.8, 4) is 0 Å². The second-order valence-corrected chi connectivity index (χ2v) is 12.0. The molecule has 0 rings (SSSR count). The van der Waals surface area contributed by atoms with Gasteiger partial charge in [0.2, 0.25) is 5.91 Å². The lowest BCUT2D eigenvalue weighted by Crippen LogP contribution is -2.19. The Balaban J connectivity index is -0.0000000588. The van der Waals surface area contributed by atoms with Crippen LogP contribution in [0.5, 0.6) is 0 Å². The third-order valence-corrected chi connectivity index (χ3v) is 5.13. The SMILES string of the molecule is CCC(=O)N(C)C.CCC(=O)O.CCCCCC(=O)O.CCCN(C)C.CCCO.CCCOC.CCCS(C)(=O)=O.CCO. The normalized spacial score (nSPS) is 8.91. The lowest BCUT2D eigenvalue weighted by Gasteiger charge is -2.05. The van der Waals surface area contributed by atoms with Crippen molar-refractivity contribution < 1.29 is 48.0 Å². The predicted octanol–water partition coefficient (Wildman–Crippen LogP) is 5.45. The molecule has 0 aromatic carbocycles. The Morgan fingerprint density at radius 1 is 0.689 bits per heavy atom. The second-order valence-electron chi connectivity index (χ2n) is 9.71. The monoisotopic (exact) mass is 681 g/mol. The fourth-order valence-corrected chi connectivity index (χ4v) is 2.61. The number of carboxylic acids is 2. The third-order valence-electron chi connectivity index (χ3n) is 3.98. The van der Waals surface area contributed by atoms with Crippen molar-refractivity contribution in [2.75, 3.05) is 73.7 Å². The first-order chi connectivity index (χ1) is 20.8. The number of methoxy groups -OCH3 is 1. The summed E-state index contributed by atoms with van der Waals surface area (Å²) < 4.78 is 25.2. The number of carbonyl (C=O) groups is 3. The average molecular weight is 681 g/mol. The van der Waals surface area contributed by atoms with E-state index in [4.69, 9.17) is 25.2 Å². The van der Waals surface area contributed by atoms with Gasteiger partial charge in [-0.3, -0.25) is 14.4 Å². The molecule has 0 saturated carbocycles. The molecule has 0 aliphatic rings. The molecule has 0 atom stereocenters. The van der Waals surface area contributed by atoms with Crippen LogP contribution >= 0.6 is 0 Å². The number of aliphatic hydroxyl groups excluding tert-OH is 2. The van der Waals surface area contributed by atoms with Gasteiger partial charge in [-0.05, 0) is 59.7 Å². The van der Waals surface area contributed by atoms with Gasteiger partial charge in [0, 0.05) is 72.3 Å². The van der Waals surface area contributed by atoms with Crippen molar-refractivity contribution in [1.29, 1.82) is 0 Å². The van der Waals surface area contributed by atoms with Crippen LogP contribution in [-0.2, 0) is 29.0 Å². The maximum atomic E-state index is 10.4. The minimum atomic E-state index is -2.67. The summed E-state index contributed by atoms with van der Waals surface area (Å²) in [5.41, 5.74) is 0. The molecule has 12 nitrogen and oxygen atoms in total. The van der Waals surface area contributed by atoms with Crippen molar-refractivity contribution in [2.45, 2.75) is 120 Å². The Kier molecular flexibility index (Phi) is 79.8. The molecule has 0 aliphatic carbocycles. The summed E-state index contributed by atoms with van der Waals surface area (Å²) in [7, 11) is 6.72. The molecule has 13 heteroatoms. The van der Waals surface area contributed by atoms with Crippen LogP contribution < -0.4 is 0 Å². The highest BCUT2D eigenvalue weighted by Crippen LogP contribution is 1.97. The van der Waals surface area contributed by atoms with E-state index in [0.717, 1.165) is 45.1 Å². The van der Waals surface area contributed by atoms with Crippen LogP contribution in [0.15, 0.2) is 0 Å². The van der Waals surface area contributed by atoms with Crippen LogP contribution in [0.25, 0.3) is 0 Å². The van der Waals surface area contributed by atoms with Gasteiger partial charge in [0.25, 0.3) is 0 Å². The van der Waals surface area contributed by atoms with Crippen LogP contribution in [0.4, 0.5) is 0 Å². The number of amides is 1. The first-order valence-corrected chi connectivity index (χ1v) is 18.0. The van der Waals surface area contributed by atoms with E-state index in [9.17, 15) is 22.8 Å². The highest BCUT2D eigenvalue weighted by molar-refractivity contribution is 7.90. The topological polar surface area (TPSA) is 182 Å². The van der Waals surface area contributed by atoms with E-state index in [2.05, 4.69) is 39.8 Å². The first kappa shape index (κ1) is 62.1. The molecule has 0 radical (unpaired) electrons. The Morgan fingerprint density at radius 2 is 1.11 bits per heavy atom. The minimum Gasteiger partial charge on any atom is -0.481 e. The predicted molar refractivity (Wildman–Crippen MR) is 190 cm³/mol. The van der Waals surface area contributed by atoms with Crippen LogP contribution in [0.3, 0.4) is 0 Å². The summed E-state index contributed by atoms with van der Waals surface area (Å²) in [6, 6.07) is 0. The van der Waals surface area contributed by atoms with Crippen molar-refractivity contribution in [2.24, 2.45) is 0 Å². The van der Waals surface area contributed by atoms with Gasteiger partial charge in [0.15, 0.2) is 0 Å². The quantitative estimate of drug-likeness (QED) is 0.182. The van der Waals surface area contributed by atoms with Gasteiger partial charge in [-0.15, -0.1) is 0 Å². The molecule has 4 N–H and O–H groups in total. The van der Waals surface area contributed by atoms with Crippen molar-refractivity contribution in [3.63, 3.8) is 0 Å². The van der Waals surface area contributed by atoms with Gasteiger partial charge in [-0.2, -0.15) is 0 Å². The molecular formula is C32H76N2O10S. The van der Waals surface area contributed by atoms with Crippen LogP contribution in [0.2, 0.25) is 0 Å². The van der Waals surface area contributed by atoms with E-state index in [-0.39, 0.29) is 18.9 Å². The Morgan fingerprint density at radius 3 is 1.18 bits per heavy atom. The van der Waals surface area contributed by atoms with Gasteiger partial charge in [0.05, 0.1) is 0 Å². The molecule has 0 aliphatic heterocycles. The number of nitrogens with zero attached hydrogens (tertiary/aromatic N) is 2. The number of unbranched alkanes of at least 4 members (excludes halogenated alkanes) is 2. The van der Waals surface area contributed by atoms with Gasteiger partial charge < -0.3 is 35.0 Å². The van der Waals surface area contributed by atoms with E-state index < -0.39 is 21.8 Å². The third kappa shape index (κ3) is 152. The van der Waals surface area contributed by atoms with Gasteiger partial charge in [-0.25, -0.2) is 8.42 Å². The van der Waals surface area contributed by atoms with E-state index in [1.54, 1.807) is 40.0 Å². The van der Waals surface area contributed by atoms with Crippen LogP contribution in [0.1, 0.15) is 120 Å². The van der Waals surface area contributed by atoms with Gasteiger partial charge >= 0.3 is 11.9 Å². The summed E-state index contributed by atoms with van der Waals surface area (Å²) in [5.74, 6) is -0.934. The Hall–Kier alpha value is -1.80. The smallest absolute Gasteiger partial charge is 0.303 e. The number of carbonyl (C=O) groups excluding carboxylic acids is 1. The zero-order valence-electron chi connectivity index (χ0n) is 31.6. The number of aliphatic carboxylic acids is 2. The molecule has 45 heavy (non-hydrogen) atoms. The average Bonchev–Trinajstić information content (AvgIpc) is 2.94. The number of carboxylic acid groups (broad SMARTS) is 2. The maximum absolute atomic E-state index is 10.4. The molecular weight excluding hydrogens is 604 g/mol. The zero-order valence-corrected chi connectivity index (χ0v) is 32.5. The summed E-state index contributed by atoms with van der Waals surface area (Å²) in [6.07, 6.45) is 9.32. The minimum absolute atomic E-state index is 0.181. The second kappa shape index (κ2) is 57.8. The number of rotatable bonds is 13. The van der Waals surface area contributed by atoms with E-state index in [1.165, 1.54) is 19.2 Å². The molecule has 0 fully saturated rings. The lowest BCUT2D eigenvalue weighted by atomic mass is 10.2. The molecule has 0 saturated heterocycles. The van der Waals surface area contributed by atoms with Gasteiger partial charge in [-0.1, -0.05) is 61.3 Å². The standard InChI is InChI=1S/C6H12O2.C5H11NO.C5H13N.C4H10O2S.C4H10O.C3H6O2.C3H8O.C2H6O/c1-2-3-4-5-6(7)8;1-4-5(7)6(2)3;1-4-5-6(2)3;1-3-4-7(2,5)6;1-3-4-5-2;1-2-3(4)5;1-2-3-4;1-2-3/h2-5H2,1H3,(H,7,8);4H2,1-3H3;4-5H2,1-3H3;3-4H2,1-2H3;3-4H2,1-2H3;2H2,1H3,(H,4,5);4H,2-3H2,1H3;3H,2H2,1H3. The van der Waals surface area contributed by atoms with Crippen molar-refractivity contribution >= 4 is 27.7 Å². The van der Waals surface area contributed by atoms with Crippen LogP contribution in [-0.4, -0.2) is 130 Å². The Labute approximate surface area is 278 Å². The molecule has 0 spiro atoms. The lowest BCUT2D eigenvalue weighted by molar-refractivity contribution is -0.137. The summed E-state index contributed by atoms with van der Waals surface area (Å²) in [4.78, 5) is 33.4. The fourth-order valence-electron chi connectivity index (χ4n) is 1.86. The van der Waals surface area contributed by atoms with Gasteiger partial charge in [0.1, 0.15) is 9.84 Å². The number of hydrogen-bond acceptors (Lipinski definition) is 9. The van der Waals surface area contributed by atoms with E-state index in [0.29, 0.717) is 25.2 Å². The summed E-state index contributed by atoms with van der Waals surface area (Å²) in [5, 5.41) is 31.3. The molecule has 0 bridgehead atoms. The van der Waals surface area contributed by atoms with Crippen molar-refractivity contribution in [3.05, 3.63) is 0 Å². The van der Waals surface area contributed by atoms with Crippen LogP contribution in [0, 0.1) is 0 Å². The highest BCUT2D eigenvalue weighted by Gasteiger charge is 1.96. The molecule has 0 aromatic rings. The maximum Gasteiger partial charge on any atom is 0.303 e.